The molecule has 1 atom stereocenters. The first-order valence-electron chi connectivity index (χ1n) is 5.75. The molecule has 18 heavy (non-hydrogen) atoms. The fourth-order valence-electron chi connectivity index (χ4n) is 1.81. The molecular weight excluding hydrogens is 224 g/mol. The van der Waals surface area contributed by atoms with Gasteiger partial charge in [-0.15, -0.1) is 6.42 Å². The molecule has 2 rings (SSSR count). The summed E-state index contributed by atoms with van der Waals surface area (Å²) in [4.78, 5) is 16.5. The van der Waals surface area contributed by atoms with E-state index >= 15 is 0 Å². The molecule has 1 unspecified atom stereocenters. The van der Waals surface area contributed by atoms with Crippen LogP contribution in [-0.4, -0.2) is 16.9 Å². The molecule has 2 aromatic rings. The number of fused-ring (bicyclic) bond motifs is 1. The van der Waals surface area contributed by atoms with E-state index in [2.05, 4.69) is 16.2 Å². The molecule has 0 aliphatic heterocycles. The van der Waals surface area contributed by atoms with Gasteiger partial charge in [0.15, 0.2) is 0 Å². The quantitative estimate of drug-likeness (QED) is 0.816. The second-order valence-corrected chi connectivity index (χ2v) is 4.19. The summed E-state index contributed by atoms with van der Waals surface area (Å²) in [7, 11) is 0. The van der Waals surface area contributed by atoms with Crippen molar-refractivity contribution in [2.75, 3.05) is 0 Å². The Morgan fingerprint density at radius 2 is 2.17 bits per heavy atom. The first-order chi connectivity index (χ1) is 8.61. The SMILES string of the molecule is C#CC(C)NC(=O)c1cc(C)nc2ccccc12. The van der Waals surface area contributed by atoms with E-state index < -0.39 is 0 Å². The Balaban J connectivity index is 2.50. The third-order valence-electron chi connectivity index (χ3n) is 2.69. The van der Waals surface area contributed by atoms with Gasteiger partial charge in [0.05, 0.1) is 17.1 Å². The minimum Gasteiger partial charge on any atom is -0.339 e. The molecule has 0 aliphatic carbocycles. The summed E-state index contributed by atoms with van der Waals surface area (Å²) < 4.78 is 0. The van der Waals surface area contributed by atoms with Crippen molar-refractivity contribution in [1.29, 1.82) is 0 Å². The van der Waals surface area contributed by atoms with E-state index in [0.717, 1.165) is 16.6 Å². The van der Waals surface area contributed by atoms with Crippen molar-refractivity contribution in [2.45, 2.75) is 19.9 Å². The van der Waals surface area contributed by atoms with Gasteiger partial charge in [0, 0.05) is 11.1 Å². The van der Waals surface area contributed by atoms with Gasteiger partial charge in [-0.1, -0.05) is 24.1 Å². The van der Waals surface area contributed by atoms with E-state index in [1.165, 1.54) is 0 Å². The van der Waals surface area contributed by atoms with Crippen molar-refractivity contribution in [3.8, 4) is 12.3 Å². The molecule has 0 saturated carbocycles. The number of hydrogen-bond donors (Lipinski definition) is 1. The minimum absolute atomic E-state index is 0.165. The molecule has 0 bridgehead atoms. The number of aryl methyl sites for hydroxylation is 1. The van der Waals surface area contributed by atoms with Crippen LogP contribution in [0.15, 0.2) is 30.3 Å². The van der Waals surface area contributed by atoms with Crippen molar-refractivity contribution >= 4 is 16.8 Å². The number of rotatable bonds is 2. The maximum atomic E-state index is 12.1. The van der Waals surface area contributed by atoms with Crippen LogP contribution in [0.2, 0.25) is 0 Å². The Kier molecular flexibility index (Phi) is 3.29. The Bertz CT molecular complexity index is 640. The van der Waals surface area contributed by atoms with Crippen molar-refractivity contribution in [3.05, 3.63) is 41.6 Å². The zero-order chi connectivity index (χ0) is 13.1. The lowest BCUT2D eigenvalue weighted by Crippen LogP contribution is -2.31. The van der Waals surface area contributed by atoms with Crippen LogP contribution in [0, 0.1) is 19.3 Å². The second-order valence-electron chi connectivity index (χ2n) is 4.19. The molecule has 1 amide bonds. The van der Waals surface area contributed by atoms with E-state index in [-0.39, 0.29) is 11.9 Å². The smallest absolute Gasteiger partial charge is 0.252 e. The van der Waals surface area contributed by atoms with Gasteiger partial charge in [0.1, 0.15) is 0 Å². The van der Waals surface area contributed by atoms with Crippen LogP contribution in [-0.2, 0) is 0 Å². The summed E-state index contributed by atoms with van der Waals surface area (Å²) >= 11 is 0. The van der Waals surface area contributed by atoms with E-state index in [1.807, 2.05) is 31.2 Å². The normalized spacial score (nSPS) is 11.8. The number of aromatic nitrogens is 1. The largest absolute Gasteiger partial charge is 0.339 e. The lowest BCUT2D eigenvalue weighted by molar-refractivity contribution is 0.0949. The number of terminal acetylenes is 1. The Labute approximate surface area is 106 Å². The minimum atomic E-state index is -0.287. The molecule has 0 saturated heterocycles. The van der Waals surface area contributed by atoms with Crippen LogP contribution in [0.4, 0.5) is 0 Å². The molecule has 90 valence electrons. The van der Waals surface area contributed by atoms with E-state index in [9.17, 15) is 4.79 Å². The molecular formula is C15H14N2O. The van der Waals surface area contributed by atoms with E-state index in [4.69, 9.17) is 6.42 Å². The van der Waals surface area contributed by atoms with E-state index in [1.54, 1.807) is 13.0 Å². The van der Waals surface area contributed by atoms with Crippen molar-refractivity contribution in [2.24, 2.45) is 0 Å². The zero-order valence-corrected chi connectivity index (χ0v) is 10.4. The van der Waals surface area contributed by atoms with Crippen LogP contribution >= 0.6 is 0 Å². The monoisotopic (exact) mass is 238 g/mol. The standard InChI is InChI=1S/C15H14N2O/c1-4-10(2)17-15(18)13-9-11(3)16-14-8-6-5-7-12(13)14/h1,5-10H,2-3H3,(H,17,18). The summed E-state index contributed by atoms with van der Waals surface area (Å²) in [5.41, 5.74) is 2.24. The maximum absolute atomic E-state index is 12.1. The first-order valence-corrected chi connectivity index (χ1v) is 5.75. The summed E-state index contributed by atoms with van der Waals surface area (Å²) in [5, 5.41) is 3.60. The summed E-state index contributed by atoms with van der Waals surface area (Å²) in [6.45, 7) is 3.64. The van der Waals surface area contributed by atoms with Gasteiger partial charge < -0.3 is 5.32 Å². The molecule has 0 radical (unpaired) electrons. The fraction of sp³-hybridized carbons (Fsp3) is 0.200. The highest BCUT2D eigenvalue weighted by Gasteiger charge is 2.12. The van der Waals surface area contributed by atoms with Gasteiger partial charge in [-0.2, -0.15) is 0 Å². The van der Waals surface area contributed by atoms with Gasteiger partial charge in [0.2, 0.25) is 0 Å². The van der Waals surface area contributed by atoms with Crippen LogP contribution in [0.1, 0.15) is 23.0 Å². The van der Waals surface area contributed by atoms with Crippen molar-refractivity contribution < 1.29 is 4.79 Å². The van der Waals surface area contributed by atoms with Crippen molar-refractivity contribution in [3.63, 3.8) is 0 Å². The molecule has 1 N–H and O–H groups in total. The third-order valence-corrected chi connectivity index (χ3v) is 2.69. The second kappa shape index (κ2) is 4.89. The van der Waals surface area contributed by atoms with Crippen LogP contribution < -0.4 is 5.32 Å². The number of nitrogens with zero attached hydrogens (tertiary/aromatic N) is 1. The number of nitrogens with one attached hydrogen (secondary N) is 1. The Morgan fingerprint density at radius 3 is 2.89 bits per heavy atom. The summed E-state index contributed by atoms with van der Waals surface area (Å²) in [6.07, 6.45) is 5.26. The molecule has 1 heterocycles. The molecule has 0 fully saturated rings. The fourth-order valence-corrected chi connectivity index (χ4v) is 1.81. The average Bonchev–Trinajstić information content (AvgIpc) is 2.37. The highest BCUT2D eigenvalue weighted by Crippen LogP contribution is 2.18. The molecule has 0 spiro atoms. The van der Waals surface area contributed by atoms with E-state index in [0.29, 0.717) is 5.56 Å². The predicted octanol–water partition coefficient (Wildman–Crippen LogP) is 2.29. The topological polar surface area (TPSA) is 42.0 Å². The number of amides is 1. The maximum Gasteiger partial charge on any atom is 0.252 e. The lowest BCUT2D eigenvalue weighted by Gasteiger charge is -2.10. The first kappa shape index (κ1) is 12.1. The Morgan fingerprint density at radius 1 is 1.44 bits per heavy atom. The number of carbonyl (C=O) groups is 1. The van der Waals surface area contributed by atoms with Crippen LogP contribution in [0.5, 0.6) is 0 Å². The predicted molar refractivity (Wildman–Crippen MR) is 72.2 cm³/mol. The highest BCUT2D eigenvalue weighted by atomic mass is 16.1. The average molecular weight is 238 g/mol. The van der Waals surface area contributed by atoms with Crippen LogP contribution in [0.3, 0.4) is 0 Å². The number of hydrogen-bond acceptors (Lipinski definition) is 2. The number of carbonyl (C=O) groups excluding carboxylic acids is 1. The van der Waals surface area contributed by atoms with Gasteiger partial charge in [-0.3, -0.25) is 9.78 Å². The lowest BCUT2D eigenvalue weighted by atomic mass is 10.1. The molecule has 1 aromatic carbocycles. The van der Waals surface area contributed by atoms with Crippen molar-refractivity contribution in [1.82, 2.24) is 10.3 Å². The van der Waals surface area contributed by atoms with Gasteiger partial charge in [-0.05, 0) is 26.0 Å². The molecule has 1 aromatic heterocycles. The van der Waals surface area contributed by atoms with Gasteiger partial charge in [0.25, 0.3) is 5.91 Å². The number of para-hydroxylation sites is 1. The molecule has 0 aliphatic rings. The third kappa shape index (κ3) is 2.33. The van der Waals surface area contributed by atoms with Gasteiger partial charge in [-0.25, -0.2) is 0 Å². The molecule has 3 nitrogen and oxygen atoms in total. The summed E-state index contributed by atoms with van der Waals surface area (Å²) in [6, 6.07) is 9.06. The number of pyridine rings is 1. The van der Waals surface area contributed by atoms with Crippen LogP contribution in [0.25, 0.3) is 10.9 Å². The Hall–Kier alpha value is -2.34. The molecule has 3 heteroatoms. The van der Waals surface area contributed by atoms with Gasteiger partial charge >= 0.3 is 0 Å². The summed E-state index contributed by atoms with van der Waals surface area (Å²) in [5.74, 6) is 2.32. The number of benzene rings is 1. The zero-order valence-electron chi connectivity index (χ0n) is 10.4. The highest BCUT2D eigenvalue weighted by molar-refractivity contribution is 6.06.